The summed E-state index contributed by atoms with van der Waals surface area (Å²) in [5.74, 6) is 0.875. The maximum absolute atomic E-state index is 4.31. The molecule has 0 fully saturated rings. The van der Waals surface area contributed by atoms with Crippen LogP contribution in [0.4, 0.5) is 5.95 Å². The Kier molecular flexibility index (Phi) is 2.35. The largest absolute Gasteiger partial charge is 0.354 e. The minimum atomic E-state index is 0.313. The van der Waals surface area contributed by atoms with Crippen LogP contribution in [-0.4, -0.2) is 21.3 Å². The normalized spacial score (nSPS) is 18.6. The molecule has 2 aromatic rings. The average Bonchev–Trinajstić information content (AvgIpc) is 2.80. The molecule has 4 nitrogen and oxygen atoms in total. The lowest BCUT2D eigenvalue weighted by molar-refractivity contribution is 0.480. The molecule has 1 aromatic carbocycles. The van der Waals surface area contributed by atoms with Gasteiger partial charge in [-0.15, -0.1) is 0 Å². The predicted molar refractivity (Wildman–Crippen MR) is 67.2 cm³/mol. The maximum Gasteiger partial charge on any atom is 0.221 e. The van der Waals surface area contributed by atoms with Crippen molar-refractivity contribution in [2.24, 2.45) is 0 Å². The molecule has 0 bridgehead atoms. The Labute approximate surface area is 101 Å². The summed E-state index contributed by atoms with van der Waals surface area (Å²) in [7, 11) is 0. The van der Waals surface area contributed by atoms with E-state index in [0.717, 1.165) is 18.9 Å². The standard InChI is InChI=1S/C13H16N4/c1-9-3-4-11(7-10(9)2)12-5-6-14-13-15-8-16-17(12)13/h3-4,7-8,12H,5-6H2,1-2H3,(H,14,15,16). The van der Waals surface area contributed by atoms with Crippen molar-refractivity contribution in [1.29, 1.82) is 0 Å². The fourth-order valence-corrected chi connectivity index (χ4v) is 2.33. The summed E-state index contributed by atoms with van der Waals surface area (Å²) < 4.78 is 1.98. The Hall–Kier alpha value is -1.84. The molecule has 1 N–H and O–H groups in total. The molecular weight excluding hydrogens is 212 g/mol. The minimum Gasteiger partial charge on any atom is -0.354 e. The first kappa shape index (κ1) is 10.3. The van der Waals surface area contributed by atoms with E-state index in [1.165, 1.54) is 16.7 Å². The first-order chi connectivity index (χ1) is 8.25. The highest BCUT2D eigenvalue weighted by molar-refractivity contribution is 5.35. The van der Waals surface area contributed by atoms with Crippen molar-refractivity contribution in [3.63, 3.8) is 0 Å². The molecule has 1 atom stereocenters. The average molecular weight is 228 g/mol. The first-order valence-electron chi connectivity index (χ1n) is 5.96. The van der Waals surface area contributed by atoms with Crippen LogP contribution in [0.15, 0.2) is 24.5 Å². The molecule has 2 heterocycles. The molecule has 1 unspecified atom stereocenters. The fourth-order valence-electron chi connectivity index (χ4n) is 2.33. The van der Waals surface area contributed by atoms with Crippen molar-refractivity contribution in [2.45, 2.75) is 26.3 Å². The number of rotatable bonds is 1. The van der Waals surface area contributed by atoms with E-state index >= 15 is 0 Å². The summed E-state index contributed by atoms with van der Waals surface area (Å²) in [5.41, 5.74) is 3.99. The van der Waals surface area contributed by atoms with Crippen LogP contribution in [-0.2, 0) is 0 Å². The van der Waals surface area contributed by atoms with E-state index in [1.807, 2.05) is 4.68 Å². The molecule has 0 amide bonds. The SMILES string of the molecule is Cc1ccc(C2CCNc3ncnn32)cc1C. The van der Waals surface area contributed by atoms with E-state index in [2.05, 4.69) is 47.4 Å². The smallest absolute Gasteiger partial charge is 0.221 e. The topological polar surface area (TPSA) is 42.7 Å². The molecule has 17 heavy (non-hydrogen) atoms. The lowest BCUT2D eigenvalue weighted by Gasteiger charge is -2.25. The van der Waals surface area contributed by atoms with E-state index in [-0.39, 0.29) is 0 Å². The molecule has 1 aromatic heterocycles. The second kappa shape index (κ2) is 3.87. The van der Waals surface area contributed by atoms with Gasteiger partial charge in [-0.2, -0.15) is 10.1 Å². The van der Waals surface area contributed by atoms with Crippen LogP contribution in [0.3, 0.4) is 0 Å². The van der Waals surface area contributed by atoms with Crippen molar-refractivity contribution in [2.75, 3.05) is 11.9 Å². The Morgan fingerprint density at radius 1 is 1.29 bits per heavy atom. The van der Waals surface area contributed by atoms with Crippen molar-refractivity contribution < 1.29 is 0 Å². The quantitative estimate of drug-likeness (QED) is 0.814. The van der Waals surface area contributed by atoms with Gasteiger partial charge in [-0.3, -0.25) is 0 Å². The highest BCUT2D eigenvalue weighted by Crippen LogP contribution is 2.28. The molecular formula is C13H16N4. The lowest BCUT2D eigenvalue weighted by Crippen LogP contribution is -2.24. The van der Waals surface area contributed by atoms with Gasteiger partial charge in [0.1, 0.15) is 6.33 Å². The zero-order valence-corrected chi connectivity index (χ0v) is 10.1. The Morgan fingerprint density at radius 3 is 3.00 bits per heavy atom. The molecule has 88 valence electrons. The van der Waals surface area contributed by atoms with Crippen LogP contribution in [0.2, 0.25) is 0 Å². The van der Waals surface area contributed by atoms with Gasteiger partial charge in [-0.05, 0) is 37.0 Å². The molecule has 1 aliphatic heterocycles. The van der Waals surface area contributed by atoms with Crippen molar-refractivity contribution >= 4 is 5.95 Å². The number of fused-ring (bicyclic) bond motifs is 1. The van der Waals surface area contributed by atoms with E-state index < -0.39 is 0 Å². The summed E-state index contributed by atoms with van der Waals surface area (Å²) in [5, 5.41) is 7.57. The molecule has 3 rings (SSSR count). The van der Waals surface area contributed by atoms with Crippen LogP contribution in [0.25, 0.3) is 0 Å². The monoisotopic (exact) mass is 228 g/mol. The number of aryl methyl sites for hydroxylation is 2. The molecule has 0 spiro atoms. The van der Waals surface area contributed by atoms with Crippen LogP contribution in [0.1, 0.15) is 29.2 Å². The second-order valence-electron chi connectivity index (χ2n) is 4.60. The molecule has 0 radical (unpaired) electrons. The van der Waals surface area contributed by atoms with Crippen LogP contribution in [0, 0.1) is 13.8 Å². The van der Waals surface area contributed by atoms with Crippen molar-refractivity contribution in [3.05, 3.63) is 41.2 Å². The third kappa shape index (κ3) is 1.69. The summed E-state index contributed by atoms with van der Waals surface area (Å²) in [6.07, 6.45) is 2.67. The van der Waals surface area contributed by atoms with Crippen molar-refractivity contribution in [1.82, 2.24) is 14.8 Å². The van der Waals surface area contributed by atoms with E-state index in [0.29, 0.717) is 6.04 Å². The summed E-state index contributed by atoms with van der Waals surface area (Å²) in [6.45, 7) is 5.25. The van der Waals surface area contributed by atoms with Gasteiger partial charge in [-0.1, -0.05) is 18.2 Å². The highest BCUT2D eigenvalue weighted by Gasteiger charge is 2.22. The van der Waals surface area contributed by atoms with Crippen LogP contribution in [0.5, 0.6) is 0 Å². The van der Waals surface area contributed by atoms with Crippen LogP contribution < -0.4 is 5.32 Å². The van der Waals surface area contributed by atoms with E-state index in [4.69, 9.17) is 0 Å². The van der Waals surface area contributed by atoms with E-state index in [1.54, 1.807) is 6.33 Å². The van der Waals surface area contributed by atoms with Gasteiger partial charge < -0.3 is 5.32 Å². The zero-order valence-electron chi connectivity index (χ0n) is 10.1. The number of hydrogen-bond donors (Lipinski definition) is 1. The molecule has 0 saturated heterocycles. The van der Waals surface area contributed by atoms with E-state index in [9.17, 15) is 0 Å². The summed E-state index contributed by atoms with van der Waals surface area (Å²) in [6, 6.07) is 6.96. The van der Waals surface area contributed by atoms with Gasteiger partial charge >= 0.3 is 0 Å². The molecule has 4 heteroatoms. The lowest BCUT2D eigenvalue weighted by atomic mass is 9.98. The fraction of sp³-hybridized carbons (Fsp3) is 0.385. The highest BCUT2D eigenvalue weighted by atomic mass is 15.4. The van der Waals surface area contributed by atoms with Gasteiger partial charge in [-0.25, -0.2) is 4.68 Å². The number of nitrogens with one attached hydrogen (secondary N) is 1. The zero-order chi connectivity index (χ0) is 11.8. The molecule has 0 saturated carbocycles. The Morgan fingerprint density at radius 2 is 2.18 bits per heavy atom. The molecule has 0 aliphatic carbocycles. The maximum atomic E-state index is 4.31. The third-order valence-electron chi connectivity index (χ3n) is 3.48. The first-order valence-corrected chi connectivity index (χ1v) is 5.96. The third-order valence-corrected chi connectivity index (χ3v) is 3.48. The van der Waals surface area contributed by atoms with Crippen molar-refractivity contribution in [3.8, 4) is 0 Å². The van der Waals surface area contributed by atoms with Gasteiger partial charge in [0, 0.05) is 6.54 Å². The number of hydrogen-bond acceptors (Lipinski definition) is 3. The predicted octanol–water partition coefficient (Wildman–Crippen LogP) is 2.30. The van der Waals surface area contributed by atoms with Gasteiger partial charge in [0.15, 0.2) is 0 Å². The molecule has 1 aliphatic rings. The van der Waals surface area contributed by atoms with Gasteiger partial charge in [0.25, 0.3) is 0 Å². The second-order valence-corrected chi connectivity index (χ2v) is 4.60. The number of aromatic nitrogens is 3. The number of nitrogens with zero attached hydrogens (tertiary/aromatic N) is 3. The number of benzene rings is 1. The van der Waals surface area contributed by atoms with Crippen LogP contribution >= 0.6 is 0 Å². The number of anilines is 1. The summed E-state index contributed by atoms with van der Waals surface area (Å²) in [4.78, 5) is 4.21. The van der Waals surface area contributed by atoms with Gasteiger partial charge in [0.05, 0.1) is 6.04 Å². The Bertz CT molecular complexity index is 544. The minimum absolute atomic E-state index is 0.313. The van der Waals surface area contributed by atoms with Gasteiger partial charge in [0.2, 0.25) is 5.95 Å². The Balaban J connectivity index is 2.03. The summed E-state index contributed by atoms with van der Waals surface area (Å²) >= 11 is 0.